The molecule has 0 spiro atoms. The summed E-state index contributed by atoms with van der Waals surface area (Å²) in [6.45, 7) is 6.06. The van der Waals surface area contributed by atoms with Gasteiger partial charge in [0.2, 0.25) is 0 Å². The lowest BCUT2D eigenvalue weighted by Gasteiger charge is -2.25. The van der Waals surface area contributed by atoms with Gasteiger partial charge in [-0.15, -0.1) is 0 Å². The van der Waals surface area contributed by atoms with Gasteiger partial charge in [0.15, 0.2) is 5.78 Å². The van der Waals surface area contributed by atoms with Crippen molar-refractivity contribution in [2.24, 2.45) is 11.3 Å². The molecule has 0 aromatic carbocycles. The normalized spacial score (nSPS) is 19.4. The summed E-state index contributed by atoms with van der Waals surface area (Å²) in [6, 6.07) is 0. The van der Waals surface area contributed by atoms with E-state index in [-0.39, 0.29) is 17.1 Å². The number of aliphatic hydroxyl groups is 1. The van der Waals surface area contributed by atoms with Crippen LogP contribution in [0.5, 0.6) is 0 Å². The lowest BCUT2D eigenvalue weighted by molar-refractivity contribution is -0.123. The zero-order chi connectivity index (χ0) is 12.9. The predicted octanol–water partition coefficient (Wildman–Crippen LogP) is 4.40. The number of allylic oxidation sites excluding steroid dienone is 2. The first kappa shape index (κ1) is 14.3. The second-order valence-corrected chi connectivity index (χ2v) is 5.54. The summed E-state index contributed by atoms with van der Waals surface area (Å²) < 4.78 is 0. The van der Waals surface area contributed by atoms with Gasteiger partial charge in [0, 0.05) is 17.4 Å². The van der Waals surface area contributed by atoms with Gasteiger partial charge in [-0.2, -0.15) is 0 Å². The highest BCUT2D eigenvalue weighted by Crippen LogP contribution is 2.31. The Hall–Kier alpha value is -0.790. The Morgan fingerprint density at radius 1 is 1.24 bits per heavy atom. The van der Waals surface area contributed by atoms with E-state index in [0.29, 0.717) is 5.76 Å². The molecule has 2 heteroatoms. The van der Waals surface area contributed by atoms with Crippen LogP contribution >= 0.6 is 0 Å². The van der Waals surface area contributed by atoms with Crippen molar-refractivity contribution in [2.75, 3.05) is 0 Å². The summed E-state index contributed by atoms with van der Waals surface area (Å²) in [4.78, 5) is 12.1. The molecule has 1 N–H and O–H groups in total. The summed E-state index contributed by atoms with van der Waals surface area (Å²) in [6.07, 6.45) is 8.84. The Morgan fingerprint density at radius 2 is 1.76 bits per heavy atom. The molecule has 1 aliphatic rings. The van der Waals surface area contributed by atoms with Crippen molar-refractivity contribution in [2.45, 2.75) is 65.7 Å². The molecule has 0 aromatic heterocycles. The van der Waals surface area contributed by atoms with E-state index < -0.39 is 0 Å². The molecule has 0 radical (unpaired) electrons. The van der Waals surface area contributed by atoms with E-state index in [1.807, 2.05) is 20.8 Å². The van der Waals surface area contributed by atoms with Crippen molar-refractivity contribution < 1.29 is 9.90 Å². The van der Waals surface area contributed by atoms with E-state index in [0.717, 1.165) is 25.7 Å². The van der Waals surface area contributed by atoms with Crippen LogP contribution in [0.25, 0.3) is 0 Å². The van der Waals surface area contributed by atoms with Gasteiger partial charge in [0.25, 0.3) is 0 Å². The van der Waals surface area contributed by atoms with Crippen LogP contribution in [0.2, 0.25) is 0 Å². The fraction of sp³-hybridized carbons (Fsp3) is 0.800. The zero-order valence-electron chi connectivity index (χ0n) is 11.5. The standard InChI is InChI=1S/C15H26O2/c1-4-15(3,5-2)14(17)11-13(16)12-9-7-6-8-10-12/h11-12,16H,4-10H2,1-3H3/b13-11-. The average molecular weight is 238 g/mol. The second kappa shape index (κ2) is 6.23. The molecule has 2 nitrogen and oxygen atoms in total. The molecule has 0 aliphatic heterocycles. The van der Waals surface area contributed by atoms with Crippen molar-refractivity contribution in [3.05, 3.63) is 11.8 Å². The summed E-state index contributed by atoms with van der Waals surface area (Å²) in [5, 5.41) is 10.0. The third kappa shape index (κ3) is 3.58. The molecule has 0 amide bonds. The molecule has 1 rings (SSSR count). The summed E-state index contributed by atoms with van der Waals surface area (Å²) in [5.74, 6) is 0.638. The number of carbonyl (C=O) groups excluding carboxylic acids is 1. The maximum atomic E-state index is 12.1. The van der Waals surface area contributed by atoms with Gasteiger partial charge in [0.1, 0.15) is 0 Å². The number of ketones is 1. The van der Waals surface area contributed by atoms with E-state index in [2.05, 4.69) is 0 Å². The largest absolute Gasteiger partial charge is 0.512 e. The monoisotopic (exact) mass is 238 g/mol. The van der Waals surface area contributed by atoms with E-state index in [1.54, 1.807) is 0 Å². The topological polar surface area (TPSA) is 37.3 Å². The Kier molecular flexibility index (Phi) is 5.23. The Bertz CT molecular complexity index is 281. The Labute approximate surface area is 105 Å². The van der Waals surface area contributed by atoms with Gasteiger partial charge in [0.05, 0.1) is 5.76 Å². The molecular formula is C15H26O2. The molecule has 0 unspecified atom stereocenters. The van der Waals surface area contributed by atoms with Crippen molar-refractivity contribution in [3.63, 3.8) is 0 Å². The van der Waals surface area contributed by atoms with Crippen molar-refractivity contribution in [3.8, 4) is 0 Å². The van der Waals surface area contributed by atoms with Crippen LogP contribution in [-0.2, 0) is 4.79 Å². The van der Waals surface area contributed by atoms with Crippen LogP contribution < -0.4 is 0 Å². The number of carbonyl (C=O) groups is 1. The second-order valence-electron chi connectivity index (χ2n) is 5.54. The lowest BCUT2D eigenvalue weighted by atomic mass is 9.79. The number of rotatable bonds is 5. The average Bonchev–Trinajstić information content (AvgIpc) is 2.38. The molecule has 1 aliphatic carbocycles. The molecule has 1 fully saturated rings. The fourth-order valence-corrected chi connectivity index (χ4v) is 2.42. The van der Waals surface area contributed by atoms with Gasteiger partial charge in [-0.05, 0) is 25.7 Å². The summed E-state index contributed by atoms with van der Waals surface area (Å²) in [7, 11) is 0. The number of hydrogen-bond acceptors (Lipinski definition) is 2. The highest BCUT2D eigenvalue weighted by Gasteiger charge is 2.28. The lowest BCUT2D eigenvalue weighted by Crippen LogP contribution is -2.25. The zero-order valence-corrected chi connectivity index (χ0v) is 11.5. The van der Waals surface area contributed by atoms with Crippen LogP contribution in [0, 0.1) is 11.3 Å². The van der Waals surface area contributed by atoms with Crippen molar-refractivity contribution >= 4 is 5.78 Å². The maximum Gasteiger partial charge on any atom is 0.164 e. The maximum absolute atomic E-state index is 12.1. The predicted molar refractivity (Wildman–Crippen MR) is 71.0 cm³/mol. The quantitative estimate of drug-likeness (QED) is 0.569. The molecule has 0 heterocycles. The Morgan fingerprint density at radius 3 is 2.24 bits per heavy atom. The SMILES string of the molecule is CCC(C)(CC)C(=O)/C=C(\O)C1CCCCC1. The van der Waals surface area contributed by atoms with Gasteiger partial charge in [-0.25, -0.2) is 0 Å². The smallest absolute Gasteiger partial charge is 0.164 e. The third-order valence-electron chi connectivity index (χ3n) is 4.46. The fourth-order valence-electron chi connectivity index (χ4n) is 2.42. The van der Waals surface area contributed by atoms with E-state index >= 15 is 0 Å². The van der Waals surface area contributed by atoms with Gasteiger partial charge in [-0.1, -0.05) is 40.0 Å². The van der Waals surface area contributed by atoms with E-state index in [1.165, 1.54) is 25.3 Å². The van der Waals surface area contributed by atoms with Gasteiger partial charge >= 0.3 is 0 Å². The van der Waals surface area contributed by atoms with Crippen LogP contribution in [-0.4, -0.2) is 10.9 Å². The Balaban J connectivity index is 2.69. The molecule has 0 aromatic rings. The van der Waals surface area contributed by atoms with Crippen molar-refractivity contribution in [1.82, 2.24) is 0 Å². The van der Waals surface area contributed by atoms with Crippen LogP contribution in [0.1, 0.15) is 65.7 Å². The molecule has 1 saturated carbocycles. The highest BCUT2D eigenvalue weighted by molar-refractivity contribution is 5.94. The first-order valence-corrected chi connectivity index (χ1v) is 6.98. The first-order chi connectivity index (χ1) is 8.03. The van der Waals surface area contributed by atoms with E-state index in [9.17, 15) is 9.90 Å². The van der Waals surface area contributed by atoms with Gasteiger partial charge in [-0.3, -0.25) is 4.79 Å². The molecule has 0 bridgehead atoms. The molecule has 17 heavy (non-hydrogen) atoms. The minimum atomic E-state index is -0.303. The first-order valence-electron chi connectivity index (χ1n) is 6.98. The van der Waals surface area contributed by atoms with Crippen LogP contribution in [0.3, 0.4) is 0 Å². The van der Waals surface area contributed by atoms with Gasteiger partial charge < -0.3 is 5.11 Å². The van der Waals surface area contributed by atoms with E-state index in [4.69, 9.17) is 0 Å². The summed E-state index contributed by atoms with van der Waals surface area (Å²) in [5.41, 5.74) is -0.303. The highest BCUT2D eigenvalue weighted by atomic mass is 16.3. The van der Waals surface area contributed by atoms with Crippen LogP contribution in [0.4, 0.5) is 0 Å². The number of aliphatic hydroxyl groups excluding tert-OH is 1. The molecule has 0 atom stereocenters. The molecule has 98 valence electrons. The molecular weight excluding hydrogens is 212 g/mol. The summed E-state index contributed by atoms with van der Waals surface area (Å²) >= 11 is 0. The number of hydrogen-bond donors (Lipinski definition) is 1. The third-order valence-corrected chi connectivity index (χ3v) is 4.46. The van der Waals surface area contributed by atoms with Crippen molar-refractivity contribution in [1.29, 1.82) is 0 Å². The van der Waals surface area contributed by atoms with Crippen LogP contribution in [0.15, 0.2) is 11.8 Å². The molecule has 0 saturated heterocycles. The minimum Gasteiger partial charge on any atom is -0.512 e. The minimum absolute atomic E-state index is 0.0885.